The van der Waals surface area contributed by atoms with Gasteiger partial charge in [-0.25, -0.2) is 0 Å². The van der Waals surface area contributed by atoms with Crippen molar-refractivity contribution in [2.45, 2.75) is 20.4 Å². The average molecular weight is 237 g/mol. The van der Waals surface area contributed by atoms with E-state index in [0.29, 0.717) is 0 Å². The minimum absolute atomic E-state index is 0.799. The minimum Gasteiger partial charge on any atom is -0.361 e. The number of benzene rings is 1. The molecule has 3 heteroatoms. The van der Waals surface area contributed by atoms with Gasteiger partial charge in [-0.3, -0.25) is 4.90 Å². The number of nitrogens with zero attached hydrogens (tertiary/aromatic N) is 1. The Labute approximate surface area is 101 Å². The van der Waals surface area contributed by atoms with E-state index in [4.69, 9.17) is 11.6 Å². The van der Waals surface area contributed by atoms with Crippen LogP contribution in [-0.2, 0) is 6.54 Å². The normalized spacial score (nSPS) is 11.5. The van der Waals surface area contributed by atoms with E-state index in [1.807, 2.05) is 18.2 Å². The summed E-state index contributed by atoms with van der Waals surface area (Å²) in [6.07, 6.45) is 2.08. The summed E-state index contributed by atoms with van der Waals surface area (Å²) in [6, 6.07) is 5.98. The molecule has 0 saturated heterocycles. The highest BCUT2D eigenvalue weighted by Crippen LogP contribution is 2.23. The molecule has 1 aromatic carbocycles. The van der Waals surface area contributed by atoms with E-state index in [9.17, 15) is 0 Å². The van der Waals surface area contributed by atoms with Crippen LogP contribution < -0.4 is 0 Å². The maximum absolute atomic E-state index is 6.02. The predicted molar refractivity (Wildman–Crippen MR) is 69.9 cm³/mol. The number of rotatable bonds is 4. The lowest BCUT2D eigenvalue weighted by molar-refractivity contribution is 0.297. The number of H-pyrrole nitrogens is 1. The lowest BCUT2D eigenvalue weighted by Crippen LogP contribution is -2.21. The molecule has 0 unspecified atom stereocenters. The summed E-state index contributed by atoms with van der Waals surface area (Å²) in [6.45, 7) is 7.50. The highest BCUT2D eigenvalue weighted by molar-refractivity contribution is 6.31. The molecule has 2 aromatic rings. The van der Waals surface area contributed by atoms with Crippen molar-refractivity contribution < 1.29 is 0 Å². The summed E-state index contributed by atoms with van der Waals surface area (Å²) in [4.78, 5) is 5.68. The van der Waals surface area contributed by atoms with E-state index in [0.717, 1.165) is 30.2 Å². The molecule has 0 aliphatic carbocycles. The Balaban J connectivity index is 2.33. The fourth-order valence-electron chi connectivity index (χ4n) is 1.97. The van der Waals surface area contributed by atoms with Crippen LogP contribution in [0, 0.1) is 0 Å². The van der Waals surface area contributed by atoms with Gasteiger partial charge in [-0.2, -0.15) is 0 Å². The molecular formula is C13H17ClN2. The second-order valence-corrected chi connectivity index (χ2v) is 4.40. The molecule has 0 atom stereocenters. The number of hydrogen-bond acceptors (Lipinski definition) is 1. The summed E-state index contributed by atoms with van der Waals surface area (Å²) in [5, 5.41) is 2.03. The molecule has 0 amide bonds. The molecule has 0 fully saturated rings. The second kappa shape index (κ2) is 4.89. The van der Waals surface area contributed by atoms with Crippen molar-refractivity contribution in [3.8, 4) is 0 Å². The van der Waals surface area contributed by atoms with E-state index in [2.05, 4.69) is 29.9 Å². The molecule has 0 bridgehead atoms. The molecule has 1 N–H and O–H groups in total. The van der Waals surface area contributed by atoms with Crippen molar-refractivity contribution in [2.75, 3.05) is 13.1 Å². The predicted octanol–water partition coefficient (Wildman–Crippen LogP) is 3.66. The largest absolute Gasteiger partial charge is 0.361 e. The van der Waals surface area contributed by atoms with E-state index in [-0.39, 0.29) is 0 Å². The summed E-state index contributed by atoms with van der Waals surface area (Å²) in [5.41, 5.74) is 2.48. The van der Waals surface area contributed by atoms with Gasteiger partial charge in [0.1, 0.15) is 0 Å². The summed E-state index contributed by atoms with van der Waals surface area (Å²) >= 11 is 6.02. The number of fused-ring (bicyclic) bond motifs is 1. The minimum atomic E-state index is 0.799. The van der Waals surface area contributed by atoms with Crippen LogP contribution in [0.3, 0.4) is 0 Å². The van der Waals surface area contributed by atoms with Crippen molar-refractivity contribution in [3.63, 3.8) is 0 Å². The lowest BCUT2D eigenvalue weighted by Gasteiger charge is -2.17. The first-order valence-corrected chi connectivity index (χ1v) is 6.10. The van der Waals surface area contributed by atoms with Crippen molar-refractivity contribution in [1.29, 1.82) is 0 Å². The first-order valence-electron chi connectivity index (χ1n) is 5.72. The summed E-state index contributed by atoms with van der Waals surface area (Å²) in [7, 11) is 0. The van der Waals surface area contributed by atoms with Gasteiger partial charge in [-0.1, -0.05) is 25.4 Å². The quantitative estimate of drug-likeness (QED) is 0.859. The van der Waals surface area contributed by atoms with E-state index in [1.54, 1.807) is 0 Å². The molecule has 2 rings (SSSR count). The van der Waals surface area contributed by atoms with Gasteiger partial charge in [-0.15, -0.1) is 0 Å². The smallest absolute Gasteiger partial charge is 0.0458 e. The zero-order valence-corrected chi connectivity index (χ0v) is 10.5. The Morgan fingerprint density at radius 2 is 2.00 bits per heavy atom. The Bertz CT molecular complexity index is 472. The van der Waals surface area contributed by atoms with Crippen LogP contribution in [0.25, 0.3) is 10.9 Å². The number of nitrogens with one attached hydrogen (secondary N) is 1. The molecule has 2 nitrogen and oxygen atoms in total. The van der Waals surface area contributed by atoms with Crippen molar-refractivity contribution in [3.05, 3.63) is 35.0 Å². The molecule has 0 radical (unpaired) electrons. The summed E-state index contributed by atoms with van der Waals surface area (Å²) < 4.78 is 0. The number of halogens is 1. The molecule has 86 valence electrons. The number of aromatic amines is 1. The van der Waals surface area contributed by atoms with Gasteiger partial charge in [0.05, 0.1) is 0 Å². The summed E-state index contributed by atoms with van der Waals surface area (Å²) in [5.74, 6) is 0. The number of hydrogen-bond donors (Lipinski definition) is 1. The molecule has 0 aliphatic heterocycles. The lowest BCUT2D eigenvalue weighted by atomic mass is 10.1. The van der Waals surface area contributed by atoms with Crippen LogP contribution in [0.5, 0.6) is 0 Å². The topological polar surface area (TPSA) is 19.0 Å². The maximum Gasteiger partial charge on any atom is 0.0458 e. The second-order valence-electron chi connectivity index (χ2n) is 3.97. The van der Waals surface area contributed by atoms with Gasteiger partial charge < -0.3 is 4.98 Å². The van der Waals surface area contributed by atoms with Crippen LogP contribution in [0.15, 0.2) is 24.4 Å². The van der Waals surface area contributed by atoms with Gasteiger partial charge in [0, 0.05) is 28.7 Å². The molecule has 0 saturated carbocycles. The van der Waals surface area contributed by atoms with E-state index >= 15 is 0 Å². The first kappa shape index (κ1) is 11.5. The Morgan fingerprint density at radius 3 is 2.69 bits per heavy atom. The van der Waals surface area contributed by atoms with Gasteiger partial charge >= 0.3 is 0 Å². The highest BCUT2D eigenvalue weighted by Gasteiger charge is 2.07. The van der Waals surface area contributed by atoms with Crippen LogP contribution >= 0.6 is 11.6 Å². The zero-order valence-electron chi connectivity index (χ0n) is 9.76. The van der Waals surface area contributed by atoms with E-state index in [1.165, 1.54) is 10.9 Å². The van der Waals surface area contributed by atoms with Crippen molar-refractivity contribution >= 4 is 22.5 Å². The van der Waals surface area contributed by atoms with Gasteiger partial charge in [0.25, 0.3) is 0 Å². The van der Waals surface area contributed by atoms with Crippen LogP contribution in [0.1, 0.15) is 19.4 Å². The Kier molecular flexibility index (Phi) is 3.52. The zero-order chi connectivity index (χ0) is 11.5. The molecule has 16 heavy (non-hydrogen) atoms. The van der Waals surface area contributed by atoms with E-state index < -0.39 is 0 Å². The SMILES string of the molecule is CCN(CC)Cc1c[nH]c2ccc(Cl)cc12. The van der Waals surface area contributed by atoms with Gasteiger partial charge in [-0.05, 0) is 36.9 Å². The standard InChI is InChI=1S/C13H17ClN2/c1-3-16(4-2)9-10-8-15-13-6-5-11(14)7-12(10)13/h5-8,15H,3-4,9H2,1-2H3. The van der Waals surface area contributed by atoms with Gasteiger partial charge in [0.2, 0.25) is 0 Å². The van der Waals surface area contributed by atoms with Crippen LogP contribution in [0.4, 0.5) is 0 Å². The maximum atomic E-state index is 6.02. The third-order valence-electron chi connectivity index (χ3n) is 3.02. The van der Waals surface area contributed by atoms with Crippen molar-refractivity contribution in [2.24, 2.45) is 0 Å². The van der Waals surface area contributed by atoms with Crippen molar-refractivity contribution in [1.82, 2.24) is 9.88 Å². The third-order valence-corrected chi connectivity index (χ3v) is 3.25. The fraction of sp³-hybridized carbons (Fsp3) is 0.385. The fourth-order valence-corrected chi connectivity index (χ4v) is 2.14. The Morgan fingerprint density at radius 1 is 1.25 bits per heavy atom. The molecule has 1 aromatic heterocycles. The average Bonchev–Trinajstić information content (AvgIpc) is 2.68. The Hall–Kier alpha value is -0.990. The monoisotopic (exact) mass is 236 g/mol. The highest BCUT2D eigenvalue weighted by atomic mass is 35.5. The van der Waals surface area contributed by atoms with Crippen LogP contribution in [0.2, 0.25) is 5.02 Å². The molecule has 1 heterocycles. The molecule has 0 aliphatic rings. The first-order chi connectivity index (χ1) is 7.74. The van der Waals surface area contributed by atoms with Crippen LogP contribution in [-0.4, -0.2) is 23.0 Å². The molecule has 0 spiro atoms. The van der Waals surface area contributed by atoms with Gasteiger partial charge in [0.15, 0.2) is 0 Å². The number of aromatic nitrogens is 1. The molecular weight excluding hydrogens is 220 g/mol. The third kappa shape index (κ3) is 2.23.